The smallest absolute Gasteiger partial charge is 0.267 e. The van der Waals surface area contributed by atoms with E-state index in [9.17, 15) is 4.79 Å². The minimum Gasteiger partial charge on any atom is -0.350 e. The molecule has 0 saturated carbocycles. The number of halogens is 1. The molecule has 2 heterocycles. The lowest BCUT2D eigenvalue weighted by atomic mass is 10.2. The molecule has 2 aromatic heterocycles. The number of carbonyl (C=O) groups excluding carboxylic acids is 1. The van der Waals surface area contributed by atoms with Gasteiger partial charge in [0.25, 0.3) is 5.91 Å². The van der Waals surface area contributed by atoms with Gasteiger partial charge >= 0.3 is 0 Å². The standard InChI is InChI=1S/C14H17BrN2OS/c1-10(2)17-8-12(15)7-13(17)14(18)16-5-3-11-4-6-19-9-11/h4,6-10H,3,5H2,1-2H3,(H,16,18). The zero-order valence-electron chi connectivity index (χ0n) is 11.0. The average molecular weight is 341 g/mol. The van der Waals surface area contributed by atoms with E-state index in [1.54, 1.807) is 11.3 Å². The lowest BCUT2D eigenvalue weighted by Gasteiger charge is -2.12. The van der Waals surface area contributed by atoms with E-state index in [0.717, 1.165) is 10.9 Å². The topological polar surface area (TPSA) is 34.0 Å². The third kappa shape index (κ3) is 3.70. The van der Waals surface area contributed by atoms with Crippen LogP contribution in [0.4, 0.5) is 0 Å². The number of amides is 1. The fourth-order valence-corrected chi connectivity index (χ4v) is 3.04. The van der Waals surface area contributed by atoms with Crippen molar-refractivity contribution in [2.45, 2.75) is 26.3 Å². The van der Waals surface area contributed by atoms with Gasteiger partial charge in [0, 0.05) is 23.3 Å². The summed E-state index contributed by atoms with van der Waals surface area (Å²) in [7, 11) is 0. The van der Waals surface area contributed by atoms with Gasteiger partial charge in [-0.05, 0) is 64.7 Å². The van der Waals surface area contributed by atoms with Crippen LogP contribution in [0.3, 0.4) is 0 Å². The maximum Gasteiger partial charge on any atom is 0.267 e. The second-order valence-electron chi connectivity index (χ2n) is 4.68. The zero-order valence-corrected chi connectivity index (χ0v) is 13.4. The van der Waals surface area contributed by atoms with Gasteiger partial charge in [0.2, 0.25) is 0 Å². The van der Waals surface area contributed by atoms with Crippen LogP contribution in [0.25, 0.3) is 0 Å². The Morgan fingerprint density at radius 3 is 2.95 bits per heavy atom. The van der Waals surface area contributed by atoms with Gasteiger partial charge in [0.15, 0.2) is 0 Å². The third-order valence-electron chi connectivity index (χ3n) is 2.88. The summed E-state index contributed by atoms with van der Waals surface area (Å²) in [5, 5.41) is 7.13. The quantitative estimate of drug-likeness (QED) is 0.880. The Bertz CT molecular complexity index is 546. The van der Waals surface area contributed by atoms with Crippen molar-refractivity contribution in [1.82, 2.24) is 9.88 Å². The molecule has 0 aliphatic carbocycles. The highest BCUT2D eigenvalue weighted by Gasteiger charge is 2.14. The molecule has 2 aromatic rings. The molecule has 0 saturated heterocycles. The van der Waals surface area contributed by atoms with Gasteiger partial charge in [0.05, 0.1) is 0 Å². The van der Waals surface area contributed by atoms with E-state index in [4.69, 9.17) is 0 Å². The molecular formula is C14H17BrN2OS. The molecule has 3 nitrogen and oxygen atoms in total. The molecule has 5 heteroatoms. The number of aromatic nitrogens is 1. The van der Waals surface area contributed by atoms with Gasteiger partial charge in [-0.25, -0.2) is 0 Å². The van der Waals surface area contributed by atoms with Crippen molar-refractivity contribution in [2.75, 3.05) is 6.54 Å². The van der Waals surface area contributed by atoms with Crippen molar-refractivity contribution >= 4 is 33.2 Å². The number of nitrogens with zero attached hydrogens (tertiary/aromatic N) is 1. The SMILES string of the molecule is CC(C)n1cc(Br)cc1C(=O)NCCc1ccsc1. The molecule has 0 bridgehead atoms. The summed E-state index contributed by atoms with van der Waals surface area (Å²) in [5.41, 5.74) is 1.97. The molecule has 0 aromatic carbocycles. The predicted octanol–water partition coefficient (Wildman–Crippen LogP) is 3.87. The predicted molar refractivity (Wildman–Crippen MR) is 82.9 cm³/mol. The molecule has 0 unspecified atom stereocenters. The zero-order chi connectivity index (χ0) is 13.8. The van der Waals surface area contributed by atoms with Crippen LogP contribution in [0.2, 0.25) is 0 Å². The summed E-state index contributed by atoms with van der Waals surface area (Å²) in [6, 6.07) is 4.22. The van der Waals surface area contributed by atoms with Gasteiger partial charge in [-0.3, -0.25) is 4.79 Å². The first kappa shape index (κ1) is 14.3. The summed E-state index contributed by atoms with van der Waals surface area (Å²) < 4.78 is 2.91. The van der Waals surface area contributed by atoms with Crippen LogP contribution < -0.4 is 5.32 Å². The summed E-state index contributed by atoms with van der Waals surface area (Å²) >= 11 is 5.10. The van der Waals surface area contributed by atoms with Gasteiger partial charge in [0.1, 0.15) is 5.69 Å². The minimum atomic E-state index is -0.0189. The van der Waals surface area contributed by atoms with Crippen molar-refractivity contribution in [1.29, 1.82) is 0 Å². The van der Waals surface area contributed by atoms with Crippen LogP contribution in [-0.4, -0.2) is 17.0 Å². The fraction of sp³-hybridized carbons (Fsp3) is 0.357. The number of nitrogens with one attached hydrogen (secondary N) is 1. The van der Waals surface area contributed by atoms with E-state index in [0.29, 0.717) is 12.2 Å². The van der Waals surface area contributed by atoms with Gasteiger partial charge in [-0.15, -0.1) is 0 Å². The Kier molecular flexibility index (Phi) is 4.82. The molecule has 0 aliphatic heterocycles. The van der Waals surface area contributed by atoms with Crippen LogP contribution in [0, 0.1) is 0 Å². The van der Waals surface area contributed by atoms with E-state index in [1.807, 2.05) is 16.8 Å². The van der Waals surface area contributed by atoms with Crippen molar-refractivity contribution in [3.63, 3.8) is 0 Å². The molecule has 0 atom stereocenters. The Balaban J connectivity index is 1.96. The summed E-state index contributed by atoms with van der Waals surface area (Å²) in [6.07, 6.45) is 2.82. The lowest BCUT2D eigenvalue weighted by Crippen LogP contribution is -2.28. The molecule has 0 fully saturated rings. The number of thiophene rings is 1. The van der Waals surface area contributed by atoms with Crippen LogP contribution in [0.15, 0.2) is 33.6 Å². The highest BCUT2D eigenvalue weighted by molar-refractivity contribution is 9.10. The van der Waals surface area contributed by atoms with Gasteiger partial charge in [-0.1, -0.05) is 0 Å². The average Bonchev–Trinajstić information content (AvgIpc) is 2.98. The highest BCUT2D eigenvalue weighted by Crippen LogP contribution is 2.19. The van der Waals surface area contributed by atoms with E-state index in [2.05, 4.69) is 51.9 Å². The largest absolute Gasteiger partial charge is 0.350 e. The van der Waals surface area contributed by atoms with Crippen molar-refractivity contribution in [2.24, 2.45) is 0 Å². The Labute approximate surface area is 125 Å². The molecule has 0 radical (unpaired) electrons. The van der Waals surface area contributed by atoms with Crippen LogP contribution in [0.5, 0.6) is 0 Å². The Morgan fingerprint density at radius 1 is 1.53 bits per heavy atom. The Morgan fingerprint density at radius 2 is 2.32 bits per heavy atom. The third-order valence-corrected chi connectivity index (χ3v) is 4.05. The first-order valence-electron chi connectivity index (χ1n) is 6.24. The van der Waals surface area contributed by atoms with E-state index in [-0.39, 0.29) is 11.9 Å². The van der Waals surface area contributed by atoms with E-state index < -0.39 is 0 Å². The molecule has 1 amide bonds. The number of carbonyl (C=O) groups is 1. The first-order chi connectivity index (χ1) is 9.08. The monoisotopic (exact) mass is 340 g/mol. The van der Waals surface area contributed by atoms with Crippen molar-refractivity contribution < 1.29 is 4.79 Å². The van der Waals surface area contributed by atoms with Crippen LogP contribution in [-0.2, 0) is 6.42 Å². The fourth-order valence-electron chi connectivity index (χ4n) is 1.90. The number of hydrogen-bond acceptors (Lipinski definition) is 2. The number of rotatable bonds is 5. The summed E-state index contributed by atoms with van der Waals surface area (Å²) in [5.74, 6) is -0.0189. The van der Waals surface area contributed by atoms with Crippen molar-refractivity contribution in [3.05, 3.63) is 44.8 Å². The maximum absolute atomic E-state index is 12.2. The second-order valence-corrected chi connectivity index (χ2v) is 6.38. The second kappa shape index (κ2) is 6.39. The molecule has 1 N–H and O–H groups in total. The van der Waals surface area contributed by atoms with E-state index in [1.165, 1.54) is 5.56 Å². The van der Waals surface area contributed by atoms with Crippen LogP contribution in [0.1, 0.15) is 35.9 Å². The van der Waals surface area contributed by atoms with Gasteiger partial charge in [-0.2, -0.15) is 11.3 Å². The van der Waals surface area contributed by atoms with Gasteiger partial charge < -0.3 is 9.88 Å². The molecule has 0 aliphatic rings. The maximum atomic E-state index is 12.2. The minimum absolute atomic E-state index is 0.0189. The number of hydrogen-bond donors (Lipinski definition) is 1. The molecule has 0 spiro atoms. The molecule has 102 valence electrons. The molecule has 19 heavy (non-hydrogen) atoms. The highest BCUT2D eigenvalue weighted by atomic mass is 79.9. The summed E-state index contributed by atoms with van der Waals surface area (Å²) in [6.45, 7) is 4.79. The van der Waals surface area contributed by atoms with Crippen LogP contribution >= 0.6 is 27.3 Å². The van der Waals surface area contributed by atoms with Crippen molar-refractivity contribution in [3.8, 4) is 0 Å². The summed E-state index contributed by atoms with van der Waals surface area (Å²) in [4.78, 5) is 12.2. The lowest BCUT2D eigenvalue weighted by molar-refractivity contribution is 0.0943. The normalized spacial score (nSPS) is 10.9. The molecule has 2 rings (SSSR count). The van der Waals surface area contributed by atoms with E-state index >= 15 is 0 Å². The molecular weight excluding hydrogens is 324 g/mol. The Hall–Kier alpha value is -1.07. The first-order valence-corrected chi connectivity index (χ1v) is 7.98.